The lowest BCUT2D eigenvalue weighted by Crippen LogP contribution is -2.01. The fourth-order valence-corrected chi connectivity index (χ4v) is 1.60. The van der Waals surface area contributed by atoms with Crippen LogP contribution in [0.25, 0.3) is 0 Å². The average molecular weight is 366 g/mol. The van der Waals surface area contributed by atoms with Gasteiger partial charge in [0.25, 0.3) is 0 Å². The Morgan fingerprint density at radius 1 is 1.57 bits per heavy atom. The summed E-state index contributed by atoms with van der Waals surface area (Å²) in [5.41, 5.74) is 2.07. The van der Waals surface area contributed by atoms with E-state index < -0.39 is 0 Å². The molecule has 0 aliphatic heterocycles. The third-order valence-electron chi connectivity index (χ3n) is 1.72. The van der Waals surface area contributed by atoms with Gasteiger partial charge in [-0.3, -0.25) is 0 Å². The smallest absolute Gasteiger partial charge is 0.179 e. The Morgan fingerprint density at radius 3 is 2.79 bits per heavy atom. The molecule has 3 nitrogen and oxygen atoms in total. The summed E-state index contributed by atoms with van der Waals surface area (Å²) < 4.78 is 2.66. The molecule has 1 aromatic rings. The lowest BCUT2D eigenvalue weighted by atomic mass is 10.1. The molecular formula is C9H9BrIN3. The molecule has 0 radical (unpaired) electrons. The molecule has 5 heteroatoms. The van der Waals surface area contributed by atoms with E-state index in [1.807, 2.05) is 47.7 Å². The van der Waals surface area contributed by atoms with Crippen molar-refractivity contribution in [1.29, 1.82) is 0 Å². The van der Waals surface area contributed by atoms with Crippen molar-refractivity contribution >= 4 is 48.6 Å². The summed E-state index contributed by atoms with van der Waals surface area (Å²) in [6, 6.07) is 5.88. The number of aryl methyl sites for hydroxylation is 1. The van der Waals surface area contributed by atoms with Crippen LogP contribution in [-0.2, 0) is 0 Å². The molecule has 0 saturated carbocycles. The zero-order valence-corrected chi connectivity index (χ0v) is 11.3. The Balaban J connectivity index is 3.13. The van der Waals surface area contributed by atoms with Gasteiger partial charge in [-0.2, -0.15) is 5.10 Å². The second-order valence-corrected chi connectivity index (χ2v) is 4.05. The summed E-state index contributed by atoms with van der Waals surface area (Å²) in [5, 5.41) is 3.61. The molecule has 0 atom stereocenters. The third kappa shape index (κ3) is 2.78. The molecule has 74 valence electrons. The van der Waals surface area contributed by atoms with Crippen molar-refractivity contribution in [2.45, 2.75) is 6.92 Å². The quantitative estimate of drug-likeness (QED) is 0.269. The molecule has 14 heavy (non-hydrogen) atoms. The molecule has 1 rings (SSSR count). The molecule has 0 amide bonds. The van der Waals surface area contributed by atoms with Crippen LogP contribution in [0.15, 0.2) is 32.8 Å². The molecule has 2 N–H and O–H groups in total. The highest BCUT2D eigenvalue weighted by Crippen LogP contribution is 2.18. The molecule has 0 heterocycles. The lowest BCUT2D eigenvalue weighted by molar-refractivity contribution is 1.23. The van der Waals surface area contributed by atoms with Crippen LogP contribution in [0.2, 0.25) is 0 Å². The van der Waals surface area contributed by atoms with Crippen molar-refractivity contribution in [3.63, 3.8) is 0 Å². The molecule has 0 fully saturated rings. The number of nitrogens with zero attached hydrogens (tertiary/aromatic N) is 2. The zero-order valence-electron chi connectivity index (χ0n) is 7.54. The Morgan fingerprint density at radius 2 is 2.29 bits per heavy atom. The molecule has 1 aromatic carbocycles. The Labute approximate surface area is 105 Å². The number of benzene rings is 1. The number of hydrazone groups is 1. The van der Waals surface area contributed by atoms with E-state index in [1.54, 1.807) is 4.22 Å². The van der Waals surface area contributed by atoms with Gasteiger partial charge in [0.2, 0.25) is 0 Å². The first-order valence-corrected chi connectivity index (χ1v) is 5.90. The van der Waals surface area contributed by atoms with E-state index in [0.717, 1.165) is 10.0 Å². The van der Waals surface area contributed by atoms with Gasteiger partial charge in [0.1, 0.15) is 0 Å². The third-order valence-corrected chi connectivity index (χ3v) is 2.86. The Kier molecular flexibility index (Phi) is 4.53. The highest BCUT2D eigenvalue weighted by Gasteiger charge is 2.02. The summed E-state index contributed by atoms with van der Waals surface area (Å²) in [6.45, 7) is 2.02. The molecule has 0 aliphatic rings. The zero-order chi connectivity index (χ0) is 10.6. The molecule has 0 aliphatic carbocycles. The van der Waals surface area contributed by atoms with E-state index in [0.29, 0.717) is 5.84 Å². The van der Waals surface area contributed by atoms with E-state index in [2.05, 4.69) is 26.0 Å². The second kappa shape index (κ2) is 5.45. The number of hydrogen-bond donors (Lipinski definition) is 1. The molecule has 0 unspecified atom stereocenters. The van der Waals surface area contributed by atoms with E-state index in [9.17, 15) is 0 Å². The van der Waals surface area contributed by atoms with Crippen LogP contribution in [0.3, 0.4) is 0 Å². The van der Waals surface area contributed by atoms with Gasteiger partial charge >= 0.3 is 0 Å². The first kappa shape index (κ1) is 11.6. The van der Waals surface area contributed by atoms with Gasteiger partial charge in [0.05, 0.1) is 4.22 Å². The minimum Gasteiger partial charge on any atom is -0.321 e. The van der Waals surface area contributed by atoms with Crippen LogP contribution in [0.5, 0.6) is 0 Å². The topological polar surface area (TPSA) is 50.7 Å². The molecular weight excluding hydrogens is 357 g/mol. The predicted molar refractivity (Wildman–Crippen MR) is 72.1 cm³/mol. The summed E-state index contributed by atoms with van der Waals surface area (Å²) in [4.78, 5) is 4.05. The van der Waals surface area contributed by atoms with E-state index in [4.69, 9.17) is 5.84 Å². The van der Waals surface area contributed by atoms with Crippen LogP contribution in [-0.4, -0.2) is 10.1 Å². The van der Waals surface area contributed by atoms with Crippen LogP contribution >= 0.6 is 38.5 Å². The molecule has 0 bridgehead atoms. The lowest BCUT2D eigenvalue weighted by Gasteiger charge is -2.02. The van der Waals surface area contributed by atoms with Crippen molar-refractivity contribution in [1.82, 2.24) is 0 Å². The molecule has 0 aromatic heterocycles. The van der Waals surface area contributed by atoms with Gasteiger partial charge in [0.15, 0.2) is 5.84 Å². The number of hydrogen-bond acceptors (Lipinski definition) is 2. The van der Waals surface area contributed by atoms with E-state index in [-0.39, 0.29) is 0 Å². The SMILES string of the molecule is Cc1ccc(C(/N=C\I)=N/N)cc1Br. The highest BCUT2D eigenvalue weighted by atomic mass is 127. The van der Waals surface area contributed by atoms with E-state index in [1.165, 1.54) is 5.56 Å². The van der Waals surface area contributed by atoms with E-state index >= 15 is 0 Å². The van der Waals surface area contributed by atoms with Gasteiger partial charge in [0, 0.05) is 10.0 Å². The second-order valence-electron chi connectivity index (χ2n) is 2.64. The number of amidine groups is 1. The summed E-state index contributed by atoms with van der Waals surface area (Å²) in [7, 11) is 0. The van der Waals surface area contributed by atoms with Crippen molar-refractivity contribution in [3.05, 3.63) is 33.8 Å². The number of rotatable bonds is 1. The standard InChI is InChI=1S/C9H9BrIN3/c1-6-2-3-7(4-8(6)10)9(14-12)13-5-11/h2-5H,12H2,1H3/b13-5-,14-9-. The van der Waals surface area contributed by atoms with Crippen LogP contribution in [0, 0.1) is 6.92 Å². The number of aliphatic imine (C=N–C) groups is 1. The number of halogens is 2. The van der Waals surface area contributed by atoms with Gasteiger partial charge in [-0.05, 0) is 41.1 Å². The van der Waals surface area contributed by atoms with Crippen molar-refractivity contribution in [3.8, 4) is 0 Å². The fourth-order valence-electron chi connectivity index (χ4n) is 0.961. The largest absolute Gasteiger partial charge is 0.321 e. The normalized spacial score (nSPS) is 12.4. The van der Waals surface area contributed by atoms with Crippen LogP contribution in [0.1, 0.15) is 11.1 Å². The fraction of sp³-hybridized carbons (Fsp3) is 0.111. The van der Waals surface area contributed by atoms with Crippen LogP contribution in [0.4, 0.5) is 0 Å². The van der Waals surface area contributed by atoms with Crippen LogP contribution < -0.4 is 5.84 Å². The minimum atomic E-state index is 0.528. The summed E-state index contributed by atoms with van der Waals surface area (Å²) in [6.07, 6.45) is 0. The minimum absolute atomic E-state index is 0.528. The first-order chi connectivity index (χ1) is 6.69. The monoisotopic (exact) mass is 365 g/mol. The van der Waals surface area contributed by atoms with Gasteiger partial charge in [-0.15, -0.1) is 0 Å². The maximum absolute atomic E-state index is 5.23. The predicted octanol–water partition coefficient (Wildman–Crippen LogP) is 2.84. The molecule has 0 saturated heterocycles. The van der Waals surface area contributed by atoms with Gasteiger partial charge in [-0.25, -0.2) is 4.99 Å². The maximum Gasteiger partial charge on any atom is 0.179 e. The van der Waals surface area contributed by atoms with Crippen molar-refractivity contribution < 1.29 is 0 Å². The average Bonchev–Trinajstić information content (AvgIpc) is 2.19. The Hall–Kier alpha value is -0.430. The number of nitrogens with two attached hydrogens (primary N) is 1. The molecule has 0 spiro atoms. The van der Waals surface area contributed by atoms with Crippen molar-refractivity contribution in [2.24, 2.45) is 15.9 Å². The van der Waals surface area contributed by atoms with Gasteiger partial charge < -0.3 is 5.84 Å². The summed E-state index contributed by atoms with van der Waals surface area (Å²) >= 11 is 5.47. The maximum atomic E-state index is 5.23. The Bertz CT molecular complexity index is 388. The van der Waals surface area contributed by atoms with Crippen molar-refractivity contribution in [2.75, 3.05) is 0 Å². The summed E-state index contributed by atoms with van der Waals surface area (Å²) in [5.74, 6) is 5.76. The van der Waals surface area contributed by atoms with Gasteiger partial charge in [-0.1, -0.05) is 28.1 Å². The first-order valence-electron chi connectivity index (χ1n) is 3.86. The highest BCUT2D eigenvalue weighted by molar-refractivity contribution is 14.1.